The minimum atomic E-state index is 0.901. The maximum Gasteiger partial charge on any atom is 0.136 e. The van der Waals surface area contributed by atoms with Gasteiger partial charge in [-0.15, -0.1) is 22.7 Å². The van der Waals surface area contributed by atoms with Gasteiger partial charge in [0.25, 0.3) is 0 Å². The molecule has 0 unspecified atom stereocenters. The van der Waals surface area contributed by atoms with Crippen molar-refractivity contribution < 1.29 is 4.42 Å². The van der Waals surface area contributed by atoms with Gasteiger partial charge in [0.1, 0.15) is 11.2 Å². The average molecular weight is 852 g/mol. The van der Waals surface area contributed by atoms with Crippen LogP contribution >= 0.6 is 22.7 Å². The first kappa shape index (κ1) is 36.9. The lowest BCUT2D eigenvalue weighted by Gasteiger charge is -2.26. The van der Waals surface area contributed by atoms with Crippen LogP contribution in [-0.2, 0) is 0 Å². The second-order valence-electron chi connectivity index (χ2n) is 16.4. The van der Waals surface area contributed by atoms with Crippen LogP contribution < -0.4 is 4.90 Å². The molecule has 0 fully saturated rings. The monoisotopic (exact) mass is 851 g/mol. The number of para-hydroxylation sites is 1. The third-order valence-electron chi connectivity index (χ3n) is 12.7. The average Bonchev–Trinajstić information content (AvgIpc) is 4.06. The zero-order valence-corrected chi connectivity index (χ0v) is 36.2. The summed E-state index contributed by atoms with van der Waals surface area (Å²) in [7, 11) is 0. The normalized spacial score (nSPS) is 11.8. The van der Waals surface area contributed by atoms with Crippen LogP contribution in [0.3, 0.4) is 0 Å². The van der Waals surface area contributed by atoms with E-state index in [-0.39, 0.29) is 0 Å². The van der Waals surface area contributed by atoms with E-state index in [1.165, 1.54) is 73.7 Å². The number of benzene rings is 10. The largest absolute Gasteiger partial charge is 0.456 e. The molecule has 10 aromatic carbocycles. The molecule has 13 aromatic rings. The van der Waals surface area contributed by atoms with Gasteiger partial charge in [-0.1, -0.05) is 146 Å². The minimum absolute atomic E-state index is 0.901. The molecule has 0 aliphatic carbocycles. The lowest BCUT2D eigenvalue weighted by atomic mass is 9.96. The van der Waals surface area contributed by atoms with Crippen molar-refractivity contribution in [3.05, 3.63) is 224 Å². The van der Waals surface area contributed by atoms with Gasteiger partial charge in [-0.05, 0) is 123 Å². The Balaban J connectivity index is 0.896. The number of furan rings is 1. The van der Waals surface area contributed by atoms with Crippen molar-refractivity contribution in [3.63, 3.8) is 0 Å². The van der Waals surface area contributed by atoms with Gasteiger partial charge in [0.2, 0.25) is 0 Å². The summed E-state index contributed by atoms with van der Waals surface area (Å²) in [5, 5.41) is 7.56. The molecular formula is C60H37NOS2. The van der Waals surface area contributed by atoms with E-state index in [1.807, 2.05) is 34.8 Å². The van der Waals surface area contributed by atoms with Crippen molar-refractivity contribution in [2.75, 3.05) is 4.90 Å². The Morgan fingerprint density at radius 3 is 1.30 bits per heavy atom. The molecule has 64 heavy (non-hydrogen) atoms. The molecule has 0 bridgehead atoms. The fraction of sp³-hybridized carbons (Fsp3) is 0. The summed E-state index contributed by atoms with van der Waals surface area (Å²) < 4.78 is 11.5. The van der Waals surface area contributed by atoms with Crippen LogP contribution in [0.1, 0.15) is 0 Å². The molecule has 0 saturated heterocycles. The number of hydrogen-bond donors (Lipinski definition) is 0. The zero-order chi connectivity index (χ0) is 42.1. The van der Waals surface area contributed by atoms with Gasteiger partial charge in [0, 0.05) is 68.2 Å². The van der Waals surface area contributed by atoms with Crippen LogP contribution in [0.25, 0.3) is 107 Å². The molecule has 0 aliphatic rings. The van der Waals surface area contributed by atoms with Gasteiger partial charge in [-0.2, -0.15) is 0 Å². The molecule has 300 valence electrons. The van der Waals surface area contributed by atoms with E-state index < -0.39 is 0 Å². The third kappa shape index (κ3) is 6.06. The van der Waals surface area contributed by atoms with Gasteiger partial charge >= 0.3 is 0 Å². The zero-order valence-electron chi connectivity index (χ0n) is 34.5. The van der Waals surface area contributed by atoms with Crippen molar-refractivity contribution in [3.8, 4) is 44.5 Å². The predicted molar refractivity (Wildman–Crippen MR) is 276 cm³/mol. The Hall–Kier alpha value is -7.76. The molecule has 0 saturated carbocycles. The highest BCUT2D eigenvalue weighted by molar-refractivity contribution is 7.26. The van der Waals surface area contributed by atoms with Crippen LogP contribution in [0.2, 0.25) is 0 Å². The third-order valence-corrected chi connectivity index (χ3v) is 15.0. The van der Waals surface area contributed by atoms with E-state index in [2.05, 4.69) is 217 Å². The molecule has 0 amide bonds. The van der Waals surface area contributed by atoms with Gasteiger partial charge in [0.15, 0.2) is 0 Å². The maximum atomic E-state index is 6.27. The van der Waals surface area contributed by atoms with E-state index in [1.54, 1.807) is 0 Å². The van der Waals surface area contributed by atoms with Crippen LogP contribution in [0.5, 0.6) is 0 Å². The summed E-state index contributed by atoms with van der Waals surface area (Å²) in [6.45, 7) is 0. The lowest BCUT2D eigenvalue weighted by Crippen LogP contribution is -2.09. The molecule has 3 heterocycles. The molecule has 13 rings (SSSR count). The standard InChI is InChI=1S/C60H37NOS2/c1-4-19-52-49(13-1)58-46(16-8-20-53(58)62-52)39-27-33-44(34-28-39)61(45-35-29-40(30-36-45)47-17-9-23-56-59(47)50-14-2-5-21-54(50)63-56)43-31-25-38(26-32-43)41-11-7-12-42(37-41)48-18-10-24-57-60(48)51-15-3-6-22-55(51)64-57/h1-37H. The first-order valence-electron chi connectivity index (χ1n) is 21.6. The van der Waals surface area contributed by atoms with Crippen LogP contribution in [0.15, 0.2) is 229 Å². The summed E-state index contributed by atoms with van der Waals surface area (Å²) in [4.78, 5) is 2.37. The van der Waals surface area contributed by atoms with Crippen LogP contribution in [-0.4, -0.2) is 0 Å². The smallest absolute Gasteiger partial charge is 0.136 e. The van der Waals surface area contributed by atoms with Gasteiger partial charge in [-0.25, -0.2) is 0 Å². The Bertz CT molecular complexity index is 3730. The first-order valence-corrected chi connectivity index (χ1v) is 23.3. The van der Waals surface area contributed by atoms with Crippen LogP contribution in [0.4, 0.5) is 17.1 Å². The highest BCUT2D eigenvalue weighted by atomic mass is 32.1. The number of rotatable bonds is 7. The first-order chi connectivity index (χ1) is 31.7. The van der Waals surface area contributed by atoms with E-state index in [4.69, 9.17) is 4.42 Å². The fourth-order valence-corrected chi connectivity index (χ4v) is 12.0. The Kier molecular flexibility index (Phi) is 8.61. The lowest BCUT2D eigenvalue weighted by molar-refractivity contribution is 0.669. The SMILES string of the molecule is c1cc(-c2ccc(N(c3ccc(-c4cccc5oc6ccccc6c45)cc3)c3ccc(-c4cccc5sc6ccccc6c45)cc3)cc2)cc(-c2cccc3sc4ccccc4c23)c1. The maximum absolute atomic E-state index is 6.27. The quantitative estimate of drug-likeness (QED) is 0.159. The van der Waals surface area contributed by atoms with Crippen molar-refractivity contribution in [2.45, 2.75) is 0 Å². The molecule has 0 atom stereocenters. The van der Waals surface area contributed by atoms with Gasteiger partial charge < -0.3 is 9.32 Å². The summed E-state index contributed by atoms with van der Waals surface area (Å²) in [6, 6.07) is 81.6. The fourth-order valence-electron chi connectivity index (χ4n) is 9.74. The van der Waals surface area contributed by atoms with Crippen LogP contribution in [0, 0.1) is 0 Å². The Morgan fingerprint density at radius 1 is 0.281 bits per heavy atom. The summed E-state index contributed by atoms with van der Waals surface area (Å²) in [5.41, 5.74) is 14.7. The molecular weight excluding hydrogens is 815 g/mol. The number of nitrogens with zero attached hydrogens (tertiary/aromatic N) is 1. The molecule has 4 heteroatoms. The molecule has 0 aliphatic heterocycles. The van der Waals surface area contributed by atoms with Crippen molar-refractivity contribution >= 4 is 102 Å². The summed E-state index contributed by atoms with van der Waals surface area (Å²) in [6.07, 6.45) is 0. The Morgan fingerprint density at radius 2 is 0.703 bits per heavy atom. The van der Waals surface area contributed by atoms with Crippen molar-refractivity contribution in [1.82, 2.24) is 0 Å². The Labute approximate surface area is 378 Å². The second-order valence-corrected chi connectivity index (χ2v) is 18.6. The highest BCUT2D eigenvalue weighted by Crippen LogP contribution is 2.44. The second kappa shape index (κ2) is 15.0. The summed E-state index contributed by atoms with van der Waals surface area (Å²) in [5.74, 6) is 0. The number of anilines is 3. The van der Waals surface area contributed by atoms with Crippen molar-refractivity contribution in [1.29, 1.82) is 0 Å². The topological polar surface area (TPSA) is 16.4 Å². The number of thiophene rings is 2. The molecule has 0 radical (unpaired) electrons. The van der Waals surface area contributed by atoms with Crippen molar-refractivity contribution in [2.24, 2.45) is 0 Å². The number of fused-ring (bicyclic) bond motifs is 9. The molecule has 0 N–H and O–H groups in total. The van der Waals surface area contributed by atoms with Gasteiger partial charge in [-0.3, -0.25) is 0 Å². The summed E-state index contributed by atoms with van der Waals surface area (Å²) >= 11 is 3.73. The highest BCUT2D eigenvalue weighted by Gasteiger charge is 2.18. The van der Waals surface area contributed by atoms with E-state index in [0.29, 0.717) is 0 Å². The number of hydrogen-bond acceptors (Lipinski definition) is 4. The minimum Gasteiger partial charge on any atom is -0.456 e. The van der Waals surface area contributed by atoms with E-state index in [0.717, 1.165) is 50.1 Å². The molecule has 0 spiro atoms. The molecule has 2 nitrogen and oxygen atoms in total. The van der Waals surface area contributed by atoms with Gasteiger partial charge in [0.05, 0.1) is 0 Å². The van der Waals surface area contributed by atoms with E-state index in [9.17, 15) is 0 Å². The predicted octanol–water partition coefficient (Wildman–Crippen LogP) is 18.5. The molecule has 3 aromatic heterocycles. The van der Waals surface area contributed by atoms with E-state index >= 15 is 0 Å².